The molecule has 112 valence electrons. The van der Waals surface area contributed by atoms with Crippen LogP contribution in [-0.4, -0.2) is 25.4 Å². The lowest BCUT2D eigenvalue weighted by molar-refractivity contribution is -0.119. The van der Waals surface area contributed by atoms with Gasteiger partial charge >= 0.3 is 0 Å². The van der Waals surface area contributed by atoms with Crippen molar-refractivity contribution in [1.29, 1.82) is 0 Å². The van der Waals surface area contributed by atoms with Crippen molar-refractivity contribution in [2.45, 2.75) is 13.8 Å². The number of benzene rings is 1. The summed E-state index contributed by atoms with van der Waals surface area (Å²) in [5, 5.41) is 7.91. The van der Waals surface area contributed by atoms with E-state index in [0.29, 0.717) is 12.2 Å². The van der Waals surface area contributed by atoms with Crippen LogP contribution in [0.5, 0.6) is 0 Å². The van der Waals surface area contributed by atoms with E-state index in [2.05, 4.69) is 16.0 Å². The largest absolute Gasteiger partial charge is 0.326 e. The lowest BCUT2D eigenvalue weighted by Crippen LogP contribution is -2.29. The molecule has 1 unspecified atom stereocenters. The molecule has 0 saturated heterocycles. The molecule has 1 aromatic rings. The fourth-order valence-electron chi connectivity index (χ4n) is 1.56. The molecule has 0 aliphatic carbocycles. The Bertz CT molecular complexity index is 483. The van der Waals surface area contributed by atoms with Crippen molar-refractivity contribution in [2.24, 2.45) is 5.92 Å². The molecule has 0 radical (unpaired) electrons. The fraction of sp³-hybridized carbons (Fsp3) is 0.385. The molecule has 0 aromatic heterocycles. The third-order valence-corrected chi connectivity index (χ3v) is 2.50. The Kier molecular flexibility index (Phi) is 7.79. The minimum atomic E-state index is -0.542. The third kappa shape index (κ3) is 5.54. The van der Waals surface area contributed by atoms with Crippen molar-refractivity contribution in [2.75, 3.05) is 24.2 Å². The molecule has 1 rings (SSSR count). The van der Waals surface area contributed by atoms with Crippen molar-refractivity contribution in [1.82, 2.24) is 5.32 Å². The van der Waals surface area contributed by atoms with Gasteiger partial charge in [-0.05, 0) is 25.2 Å². The summed E-state index contributed by atoms with van der Waals surface area (Å²) in [5.41, 5.74) is 0.490. The lowest BCUT2D eigenvalue weighted by atomic mass is 10.1. The Morgan fingerprint density at radius 2 is 1.95 bits per heavy atom. The number of hydrogen-bond acceptors (Lipinski definition) is 3. The van der Waals surface area contributed by atoms with E-state index in [1.807, 2.05) is 0 Å². The standard InChI is InChI=1S/C13H18FN3O2.ClH/c1-8(7-15-3)13(19)17-12-6-10(16-9(2)18)4-5-11(12)14;/h4-6,8,15H,7H2,1-3H3,(H,16,18)(H,17,19);1H. The first kappa shape index (κ1) is 18.3. The molecule has 0 bridgehead atoms. The summed E-state index contributed by atoms with van der Waals surface area (Å²) in [7, 11) is 1.74. The van der Waals surface area contributed by atoms with Crippen LogP contribution in [-0.2, 0) is 9.59 Å². The van der Waals surface area contributed by atoms with Gasteiger partial charge in [0.1, 0.15) is 5.82 Å². The van der Waals surface area contributed by atoms with Gasteiger partial charge in [-0.2, -0.15) is 0 Å². The highest BCUT2D eigenvalue weighted by molar-refractivity contribution is 5.94. The Morgan fingerprint density at radius 1 is 1.30 bits per heavy atom. The minimum absolute atomic E-state index is 0. The highest BCUT2D eigenvalue weighted by Crippen LogP contribution is 2.20. The molecule has 0 spiro atoms. The molecule has 1 atom stereocenters. The number of anilines is 2. The number of carbonyl (C=O) groups is 2. The molecule has 5 nitrogen and oxygen atoms in total. The molecule has 0 aliphatic rings. The van der Waals surface area contributed by atoms with Crippen LogP contribution in [0.4, 0.5) is 15.8 Å². The summed E-state index contributed by atoms with van der Waals surface area (Å²) in [4.78, 5) is 22.7. The van der Waals surface area contributed by atoms with Gasteiger partial charge in [0.05, 0.1) is 5.69 Å². The number of nitrogens with one attached hydrogen (secondary N) is 3. The van der Waals surface area contributed by atoms with Crippen molar-refractivity contribution in [3.63, 3.8) is 0 Å². The average Bonchev–Trinajstić information content (AvgIpc) is 2.33. The molecular formula is C13H19ClFN3O2. The second-order valence-corrected chi connectivity index (χ2v) is 4.32. The molecule has 0 fully saturated rings. The van der Waals surface area contributed by atoms with Gasteiger partial charge in [-0.15, -0.1) is 12.4 Å². The van der Waals surface area contributed by atoms with Gasteiger partial charge in [-0.25, -0.2) is 4.39 Å². The van der Waals surface area contributed by atoms with Crippen LogP contribution in [0.3, 0.4) is 0 Å². The van der Waals surface area contributed by atoms with Gasteiger partial charge in [-0.1, -0.05) is 6.92 Å². The number of halogens is 2. The second-order valence-electron chi connectivity index (χ2n) is 4.32. The van der Waals surface area contributed by atoms with Crippen LogP contribution in [0.15, 0.2) is 18.2 Å². The smallest absolute Gasteiger partial charge is 0.228 e. The van der Waals surface area contributed by atoms with Crippen LogP contribution < -0.4 is 16.0 Å². The van der Waals surface area contributed by atoms with E-state index in [-0.39, 0.29) is 35.8 Å². The summed E-state index contributed by atoms with van der Waals surface area (Å²) >= 11 is 0. The van der Waals surface area contributed by atoms with Crippen LogP contribution >= 0.6 is 12.4 Å². The van der Waals surface area contributed by atoms with Gasteiger partial charge in [0.25, 0.3) is 0 Å². The molecule has 0 heterocycles. The van der Waals surface area contributed by atoms with E-state index in [1.54, 1.807) is 14.0 Å². The zero-order valence-corrected chi connectivity index (χ0v) is 12.4. The van der Waals surface area contributed by atoms with Crippen molar-refractivity contribution in [3.8, 4) is 0 Å². The number of hydrogen-bond donors (Lipinski definition) is 3. The molecular weight excluding hydrogens is 285 g/mol. The maximum Gasteiger partial charge on any atom is 0.228 e. The minimum Gasteiger partial charge on any atom is -0.326 e. The zero-order valence-electron chi connectivity index (χ0n) is 11.6. The monoisotopic (exact) mass is 303 g/mol. The summed E-state index contributed by atoms with van der Waals surface area (Å²) in [6, 6.07) is 4.02. The van der Waals surface area contributed by atoms with Crippen molar-refractivity contribution >= 4 is 35.6 Å². The van der Waals surface area contributed by atoms with Crippen molar-refractivity contribution < 1.29 is 14.0 Å². The molecule has 20 heavy (non-hydrogen) atoms. The van der Waals surface area contributed by atoms with Crippen molar-refractivity contribution in [3.05, 3.63) is 24.0 Å². The predicted octanol–water partition coefficient (Wildman–Crippen LogP) is 2.00. The highest BCUT2D eigenvalue weighted by Gasteiger charge is 2.14. The SMILES string of the molecule is CNCC(C)C(=O)Nc1cc(NC(C)=O)ccc1F.Cl. The average molecular weight is 304 g/mol. The zero-order chi connectivity index (χ0) is 14.4. The normalized spacial score (nSPS) is 11.2. The Morgan fingerprint density at radius 3 is 2.50 bits per heavy atom. The molecule has 1 aromatic carbocycles. The Balaban J connectivity index is 0.00000361. The van der Waals surface area contributed by atoms with E-state index in [1.165, 1.54) is 25.1 Å². The van der Waals surface area contributed by atoms with Gasteiger partial charge in [0.2, 0.25) is 11.8 Å². The maximum atomic E-state index is 13.6. The summed E-state index contributed by atoms with van der Waals surface area (Å²) in [5.74, 6) is -1.37. The molecule has 3 N–H and O–H groups in total. The van der Waals surface area contributed by atoms with E-state index in [0.717, 1.165) is 0 Å². The topological polar surface area (TPSA) is 70.2 Å². The van der Waals surface area contributed by atoms with Gasteiger partial charge in [-0.3, -0.25) is 9.59 Å². The first-order valence-corrected chi connectivity index (χ1v) is 5.96. The number of carbonyl (C=O) groups excluding carboxylic acids is 2. The number of rotatable bonds is 5. The quantitative estimate of drug-likeness (QED) is 0.779. The van der Waals surface area contributed by atoms with Gasteiger partial charge < -0.3 is 16.0 Å². The second kappa shape index (κ2) is 8.50. The fourth-order valence-corrected chi connectivity index (χ4v) is 1.56. The Labute approximate surface area is 123 Å². The van der Waals surface area contributed by atoms with Crippen LogP contribution in [0.1, 0.15) is 13.8 Å². The van der Waals surface area contributed by atoms with E-state index < -0.39 is 5.82 Å². The Hall–Kier alpha value is -1.66. The van der Waals surface area contributed by atoms with Gasteiger partial charge in [0.15, 0.2) is 0 Å². The van der Waals surface area contributed by atoms with E-state index in [4.69, 9.17) is 0 Å². The lowest BCUT2D eigenvalue weighted by Gasteiger charge is -2.13. The van der Waals surface area contributed by atoms with Crippen LogP contribution in [0.2, 0.25) is 0 Å². The first-order chi connectivity index (χ1) is 8.93. The van der Waals surface area contributed by atoms with Crippen LogP contribution in [0, 0.1) is 11.7 Å². The van der Waals surface area contributed by atoms with Gasteiger partial charge in [0, 0.05) is 25.1 Å². The molecule has 2 amide bonds. The third-order valence-electron chi connectivity index (χ3n) is 2.50. The molecule has 7 heteroatoms. The molecule has 0 saturated carbocycles. The summed E-state index contributed by atoms with van der Waals surface area (Å²) in [6.45, 7) is 3.59. The maximum absolute atomic E-state index is 13.6. The van der Waals surface area contributed by atoms with Crippen LogP contribution in [0.25, 0.3) is 0 Å². The molecule has 0 aliphatic heterocycles. The summed E-state index contributed by atoms with van der Waals surface area (Å²) < 4.78 is 13.6. The summed E-state index contributed by atoms with van der Waals surface area (Å²) in [6.07, 6.45) is 0. The highest BCUT2D eigenvalue weighted by atomic mass is 35.5. The van der Waals surface area contributed by atoms with E-state index in [9.17, 15) is 14.0 Å². The van der Waals surface area contributed by atoms with E-state index >= 15 is 0 Å². The number of amides is 2. The first-order valence-electron chi connectivity index (χ1n) is 5.96. The predicted molar refractivity (Wildman–Crippen MR) is 79.7 cm³/mol.